The van der Waals surface area contributed by atoms with Crippen molar-refractivity contribution >= 4 is 35.2 Å². The predicted molar refractivity (Wildman–Crippen MR) is 127 cm³/mol. The number of ether oxygens (including phenoxy) is 1. The van der Waals surface area contributed by atoms with Crippen molar-refractivity contribution in [1.29, 1.82) is 0 Å². The van der Waals surface area contributed by atoms with E-state index in [2.05, 4.69) is 5.32 Å². The van der Waals surface area contributed by atoms with Gasteiger partial charge in [-0.25, -0.2) is 4.79 Å². The normalized spacial score (nSPS) is 19.7. The lowest BCUT2D eigenvalue weighted by molar-refractivity contribution is -0.159. The first-order valence-corrected chi connectivity index (χ1v) is 11.5. The summed E-state index contributed by atoms with van der Waals surface area (Å²) in [6, 6.07) is 14.3. The zero-order chi connectivity index (χ0) is 24.9. The molecule has 8 nitrogen and oxygen atoms in total. The summed E-state index contributed by atoms with van der Waals surface area (Å²) in [5, 5.41) is 2.58. The van der Waals surface area contributed by atoms with Crippen LogP contribution in [-0.2, 0) is 30.3 Å². The second kappa shape index (κ2) is 10.5. The highest BCUT2D eigenvalue weighted by molar-refractivity contribution is 6.08. The molecule has 3 atom stereocenters. The molecular formula is C27H26N2O6. The number of fused-ring (bicyclic) bond motifs is 1. The van der Waals surface area contributed by atoms with Crippen LogP contribution in [-0.4, -0.2) is 47.0 Å². The SMILES string of the molecule is CC(=O)c1cccc(NC(=O)COC(=O)[C@H](Cc2ccccc2)N2C(=O)[C@@H]3CC=CC[C@H]3C2=O)c1. The molecule has 1 aliphatic carbocycles. The van der Waals surface area contributed by atoms with E-state index in [1.165, 1.54) is 13.0 Å². The molecule has 35 heavy (non-hydrogen) atoms. The third-order valence-electron chi connectivity index (χ3n) is 6.30. The summed E-state index contributed by atoms with van der Waals surface area (Å²) in [4.78, 5) is 64.3. The van der Waals surface area contributed by atoms with Gasteiger partial charge in [0.25, 0.3) is 5.91 Å². The third-order valence-corrected chi connectivity index (χ3v) is 6.30. The van der Waals surface area contributed by atoms with E-state index >= 15 is 0 Å². The summed E-state index contributed by atoms with van der Waals surface area (Å²) in [7, 11) is 0. The molecule has 0 aromatic heterocycles. The highest BCUT2D eigenvalue weighted by Crippen LogP contribution is 2.36. The van der Waals surface area contributed by atoms with Gasteiger partial charge in [0.1, 0.15) is 6.04 Å². The summed E-state index contributed by atoms with van der Waals surface area (Å²) in [5.41, 5.74) is 1.58. The molecule has 1 fully saturated rings. The number of anilines is 1. The minimum atomic E-state index is -1.17. The predicted octanol–water partition coefficient (Wildman–Crippen LogP) is 2.93. The molecule has 0 spiro atoms. The van der Waals surface area contributed by atoms with Gasteiger partial charge in [-0.15, -0.1) is 0 Å². The molecule has 2 aromatic rings. The van der Waals surface area contributed by atoms with E-state index in [0.29, 0.717) is 24.1 Å². The molecule has 0 unspecified atom stereocenters. The number of hydrogen-bond acceptors (Lipinski definition) is 6. The molecule has 1 N–H and O–H groups in total. The quantitative estimate of drug-likeness (QED) is 0.273. The Hall–Kier alpha value is -4.07. The number of likely N-dealkylation sites (tertiary alicyclic amines) is 1. The van der Waals surface area contributed by atoms with E-state index in [1.54, 1.807) is 42.5 Å². The number of hydrogen-bond donors (Lipinski definition) is 1. The molecule has 1 heterocycles. The van der Waals surface area contributed by atoms with E-state index in [0.717, 1.165) is 10.5 Å². The second-order valence-corrected chi connectivity index (χ2v) is 8.70. The Morgan fingerprint density at radius 1 is 0.971 bits per heavy atom. The third kappa shape index (κ3) is 5.37. The maximum absolute atomic E-state index is 13.1. The van der Waals surface area contributed by atoms with Gasteiger partial charge in [0.2, 0.25) is 11.8 Å². The monoisotopic (exact) mass is 474 g/mol. The van der Waals surface area contributed by atoms with Crippen LogP contribution >= 0.6 is 0 Å². The fraction of sp³-hybridized carbons (Fsp3) is 0.296. The number of benzene rings is 2. The summed E-state index contributed by atoms with van der Waals surface area (Å²) < 4.78 is 5.27. The molecule has 0 radical (unpaired) electrons. The second-order valence-electron chi connectivity index (χ2n) is 8.70. The van der Waals surface area contributed by atoms with Crippen LogP contribution in [0, 0.1) is 11.8 Å². The van der Waals surface area contributed by atoms with Crippen LogP contribution in [0.25, 0.3) is 0 Å². The van der Waals surface area contributed by atoms with E-state index in [1.807, 2.05) is 18.2 Å². The minimum absolute atomic E-state index is 0.0896. The Labute approximate surface area is 202 Å². The van der Waals surface area contributed by atoms with Crippen LogP contribution in [0.1, 0.15) is 35.7 Å². The summed E-state index contributed by atoms with van der Waals surface area (Å²) in [5.74, 6) is -3.29. The zero-order valence-corrected chi connectivity index (χ0v) is 19.3. The largest absolute Gasteiger partial charge is 0.454 e. The van der Waals surface area contributed by atoms with Crippen molar-refractivity contribution in [3.05, 3.63) is 77.9 Å². The number of carbonyl (C=O) groups excluding carboxylic acids is 5. The van der Waals surface area contributed by atoms with Gasteiger partial charge in [0, 0.05) is 17.7 Å². The first kappa shape index (κ1) is 24.1. The Balaban J connectivity index is 1.47. The number of Topliss-reactive ketones (excluding diaryl/α,β-unsaturated/α-hetero) is 1. The smallest absolute Gasteiger partial charge is 0.330 e. The Morgan fingerprint density at radius 3 is 2.26 bits per heavy atom. The van der Waals surface area contributed by atoms with Crippen molar-refractivity contribution < 1.29 is 28.7 Å². The maximum atomic E-state index is 13.1. The number of allylic oxidation sites excluding steroid dienone is 2. The average molecular weight is 475 g/mol. The van der Waals surface area contributed by atoms with Gasteiger partial charge >= 0.3 is 5.97 Å². The summed E-state index contributed by atoms with van der Waals surface area (Å²) in [6.45, 7) is 0.821. The van der Waals surface area contributed by atoms with Crippen LogP contribution in [0.15, 0.2) is 66.7 Å². The lowest BCUT2D eigenvalue weighted by Gasteiger charge is -2.25. The standard InChI is InChI=1S/C27H26N2O6/c1-17(30)19-10-7-11-20(15-19)28-24(31)16-35-27(34)23(14-18-8-3-2-4-9-18)29-25(32)21-12-5-6-13-22(21)26(29)33/h2-11,15,21-23H,12-14,16H2,1H3,(H,28,31)/t21-,22-,23+/m1/s1. The number of ketones is 1. The van der Waals surface area contributed by atoms with Gasteiger partial charge in [-0.2, -0.15) is 0 Å². The van der Waals surface area contributed by atoms with Crippen LogP contribution in [0.4, 0.5) is 5.69 Å². The molecule has 1 saturated heterocycles. The Bertz CT molecular complexity index is 1160. The van der Waals surface area contributed by atoms with Crippen molar-refractivity contribution in [3.63, 3.8) is 0 Å². The van der Waals surface area contributed by atoms with Crippen LogP contribution in [0.5, 0.6) is 0 Å². The number of amides is 3. The fourth-order valence-corrected chi connectivity index (χ4v) is 4.50. The van der Waals surface area contributed by atoms with Gasteiger partial charge in [0.15, 0.2) is 12.4 Å². The molecule has 4 rings (SSSR count). The number of carbonyl (C=O) groups is 5. The average Bonchev–Trinajstić information content (AvgIpc) is 3.11. The van der Waals surface area contributed by atoms with Crippen LogP contribution in [0.3, 0.4) is 0 Å². The molecular weight excluding hydrogens is 448 g/mol. The van der Waals surface area contributed by atoms with Gasteiger partial charge in [0.05, 0.1) is 11.8 Å². The number of imide groups is 1. The van der Waals surface area contributed by atoms with Crippen molar-refractivity contribution in [2.75, 3.05) is 11.9 Å². The van der Waals surface area contributed by atoms with Crippen LogP contribution in [0.2, 0.25) is 0 Å². The maximum Gasteiger partial charge on any atom is 0.330 e. The van der Waals surface area contributed by atoms with Gasteiger partial charge in [-0.3, -0.25) is 24.1 Å². The van der Waals surface area contributed by atoms with Gasteiger partial charge in [-0.1, -0.05) is 54.6 Å². The molecule has 2 aromatic carbocycles. The molecule has 1 aliphatic heterocycles. The summed E-state index contributed by atoms with van der Waals surface area (Å²) in [6.07, 6.45) is 4.77. The molecule has 180 valence electrons. The van der Waals surface area contributed by atoms with E-state index in [-0.39, 0.29) is 24.0 Å². The lowest BCUT2D eigenvalue weighted by atomic mass is 9.85. The molecule has 8 heteroatoms. The first-order valence-electron chi connectivity index (χ1n) is 11.5. The highest BCUT2D eigenvalue weighted by Gasteiger charge is 2.51. The van der Waals surface area contributed by atoms with E-state index in [9.17, 15) is 24.0 Å². The Kier molecular flexibility index (Phi) is 7.19. The highest BCUT2D eigenvalue weighted by atomic mass is 16.5. The molecule has 3 amide bonds. The van der Waals surface area contributed by atoms with Crippen molar-refractivity contribution in [1.82, 2.24) is 4.90 Å². The number of nitrogens with zero attached hydrogens (tertiary/aromatic N) is 1. The molecule has 2 aliphatic rings. The minimum Gasteiger partial charge on any atom is -0.454 e. The number of esters is 1. The Morgan fingerprint density at radius 2 is 1.63 bits per heavy atom. The first-order chi connectivity index (χ1) is 16.8. The van der Waals surface area contributed by atoms with Crippen LogP contribution < -0.4 is 5.32 Å². The van der Waals surface area contributed by atoms with E-state index in [4.69, 9.17) is 4.74 Å². The number of rotatable bonds is 8. The van der Waals surface area contributed by atoms with Crippen molar-refractivity contribution in [3.8, 4) is 0 Å². The zero-order valence-electron chi connectivity index (χ0n) is 19.3. The van der Waals surface area contributed by atoms with Gasteiger partial charge in [-0.05, 0) is 37.5 Å². The number of nitrogens with one attached hydrogen (secondary N) is 1. The topological polar surface area (TPSA) is 110 Å². The van der Waals surface area contributed by atoms with Crippen molar-refractivity contribution in [2.45, 2.75) is 32.2 Å². The fourth-order valence-electron chi connectivity index (χ4n) is 4.50. The van der Waals surface area contributed by atoms with Gasteiger partial charge < -0.3 is 10.1 Å². The molecule has 0 bridgehead atoms. The van der Waals surface area contributed by atoms with Crippen molar-refractivity contribution in [2.24, 2.45) is 11.8 Å². The summed E-state index contributed by atoms with van der Waals surface area (Å²) >= 11 is 0. The molecule has 0 saturated carbocycles. The van der Waals surface area contributed by atoms with E-state index < -0.39 is 36.4 Å². The lowest BCUT2D eigenvalue weighted by Crippen LogP contribution is -2.48.